The molecule has 6 nitrogen and oxygen atoms in total. The third-order valence-corrected chi connectivity index (χ3v) is 5.71. The van der Waals surface area contributed by atoms with E-state index in [0.717, 1.165) is 41.3 Å². The van der Waals surface area contributed by atoms with Gasteiger partial charge in [-0.1, -0.05) is 42.5 Å². The number of fused-ring (bicyclic) bond motifs is 1. The second-order valence-corrected chi connectivity index (χ2v) is 7.59. The first-order chi connectivity index (χ1) is 13.6. The number of carbonyl (C=O) groups excluding carboxylic acids is 2. The van der Waals surface area contributed by atoms with E-state index in [-0.39, 0.29) is 23.8 Å². The van der Waals surface area contributed by atoms with Crippen LogP contribution in [0.25, 0.3) is 0 Å². The van der Waals surface area contributed by atoms with Crippen LogP contribution < -0.4 is 20.3 Å². The number of carbonyl (C=O) groups is 2. The topological polar surface area (TPSA) is 77.1 Å². The second kappa shape index (κ2) is 8.02. The first kappa shape index (κ1) is 18.5. The zero-order valence-electron chi connectivity index (χ0n) is 15.8. The van der Waals surface area contributed by atoms with E-state index in [1.165, 1.54) is 0 Å². The summed E-state index contributed by atoms with van der Waals surface area (Å²) >= 11 is 0. The molecule has 2 heterocycles. The molecule has 1 saturated heterocycles. The number of ether oxygens (including phenoxy) is 1. The van der Waals surface area contributed by atoms with Gasteiger partial charge < -0.3 is 15.4 Å². The first-order valence-corrected chi connectivity index (χ1v) is 9.85. The molecule has 0 saturated carbocycles. The largest absolute Gasteiger partial charge is 0.489 e. The molecule has 0 spiro atoms. The van der Waals surface area contributed by atoms with Crippen LogP contribution in [0, 0.1) is 5.92 Å². The Morgan fingerprint density at radius 2 is 1.86 bits per heavy atom. The lowest BCUT2D eigenvalue weighted by Crippen LogP contribution is -3.15. The Morgan fingerprint density at radius 3 is 2.64 bits per heavy atom. The molecule has 2 aliphatic rings. The van der Waals surface area contributed by atoms with Crippen molar-refractivity contribution in [3.05, 3.63) is 60.2 Å². The van der Waals surface area contributed by atoms with Crippen molar-refractivity contribution in [3.63, 3.8) is 0 Å². The Hall–Kier alpha value is -2.86. The van der Waals surface area contributed by atoms with Crippen molar-refractivity contribution >= 4 is 17.5 Å². The van der Waals surface area contributed by atoms with Gasteiger partial charge in [-0.2, -0.15) is 0 Å². The van der Waals surface area contributed by atoms with E-state index in [9.17, 15) is 9.59 Å². The van der Waals surface area contributed by atoms with Gasteiger partial charge in [0.25, 0.3) is 5.91 Å². The maximum Gasteiger partial charge on any atom is 0.282 e. The molecule has 6 heteroatoms. The van der Waals surface area contributed by atoms with Crippen LogP contribution >= 0.6 is 0 Å². The molecular formula is C22H26N3O3+. The minimum absolute atomic E-state index is 0.0460. The van der Waals surface area contributed by atoms with Crippen molar-refractivity contribution in [2.75, 3.05) is 31.1 Å². The van der Waals surface area contributed by atoms with Crippen LogP contribution in [0.5, 0.6) is 5.75 Å². The smallest absolute Gasteiger partial charge is 0.282 e. The van der Waals surface area contributed by atoms with Crippen molar-refractivity contribution in [1.29, 1.82) is 0 Å². The van der Waals surface area contributed by atoms with Crippen LogP contribution in [-0.2, 0) is 9.59 Å². The Kier molecular flexibility index (Phi) is 5.30. The molecule has 0 aromatic heterocycles. The van der Waals surface area contributed by atoms with Gasteiger partial charge in [0.05, 0.1) is 30.7 Å². The average molecular weight is 380 g/mol. The van der Waals surface area contributed by atoms with Gasteiger partial charge in [0, 0.05) is 0 Å². The number of piperidine rings is 1. The molecule has 0 aliphatic carbocycles. The average Bonchev–Trinajstić information content (AvgIpc) is 2.73. The molecule has 2 aliphatic heterocycles. The number of benzene rings is 2. The molecule has 0 radical (unpaired) electrons. The highest BCUT2D eigenvalue weighted by Gasteiger charge is 2.36. The van der Waals surface area contributed by atoms with Gasteiger partial charge in [-0.05, 0) is 30.5 Å². The lowest BCUT2D eigenvalue weighted by atomic mass is 9.97. The third-order valence-electron chi connectivity index (χ3n) is 5.71. The number of amides is 2. The van der Waals surface area contributed by atoms with Crippen molar-refractivity contribution in [2.24, 2.45) is 11.7 Å². The number of nitrogens with zero attached hydrogens (tertiary/aromatic N) is 1. The Bertz CT molecular complexity index is 855. The molecule has 2 amide bonds. The van der Waals surface area contributed by atoms with Gasteiger partial charge >= 0.3 is 0 Å². The fourth-order valence-electron chi connectivity index (χ4n) is 4.27. The first-order valence-electron chi connectivity index (χ1n) is 9.85. The van der Waals surface area contributed by atoms with E-state index in [4.69, 9.17) is 10.5 Å². The fraction of sp³-hybridized carbons (Fsp3) is 0.364. The fourth-order valence-corrected chi connectivity index (χ4v) is 4.27. The van der Waals surface area contributed by atoms with Crippen molar-refractivity contribution in [1.82, 2.24) is 0 Å². The quantitative estimate of drug-likeness (QED) is 0.829. The summed E-state index contributed by atoms with van der Waals surface area (Å²) < 4.78 is 5.95. The van der Waals surface area contributed by atoms with Gasteiger partial charge in [-0.3, -0.25) is 14.5 Å². The summed E-state index contributed by atoms with van der Waals surface area (Å²) in [5, 5.41) is 0. The monoisotopic (exact) mass is 380 g/mol. The van der Waals surface area contributed by atoms with Crippen LogP contribution in [-0.4, -0.2) is 38.1 Å². The van der Waals surface area contributed by atoms with E-state index >= 15 is 0 Å². The summed E-state index contributed by atoms with van der Waals surface area (Å²) in [6.45, 7) is 2.29. The number of likely N-dealkylation sites (tertiary alicyclic amines) is 1. The van der Waals surface area contributed by atoms with Crippen LogP contribution in [0.3, 0.4) is 0 Å². The minimum atomic E-state index is -0.261. The van der Waals surface area contributed by atoms with Crippen molar-refractivity contribution in [3.8, 4) is 5.75 Å². The van der Waals surface area contributed by atoms with E-state index in [1.807, 2.05) is 59.5 Å². The summed E-state index contributed by atoms with van der Waals surface area (Å²) in [6, 6.07) is 17.5. The molecule has 3 atom stereocenters. The van der Waals surface area contributed by atoms with Crippen LogP contribution in [0.1, 0.15) is 24.4 Å². The van der Waals surface area contributed by atoms with Crippen LogP contribution in [0.15, 0.2) is 54.6 Å². The molecule has 0 bridgehead atoms. The van der Waals surface area contributed by atoms with Gasteiger partial charge in [0.1, 0.15) is 12.4 Å². The van der Waals surface area contributed by atoms with Gasteiger partial charge in [-0.25, -0.2) is 0 Å². The molecule has 3 N–H and O–H groups in total. The lowest BCUT2D eigenvalue weighted by Gasteiger charge is -2.38. The number of nitrogens with two attached hydrogens (primary N) is 1. The number of hydrogen-bond acceptors (Lipinski definition) is 3. The summed E-state index contributed by atoms with van der Waals surface area (Å²) in [6.07, 6.45) is 1.73. The maximum atomic E-state index is 13.4. The third kappa shape index (κ3) is 3.73. The second-order valence-electron chi connectivity index (χ2n) is 7.59. The van der Waals surface area contributed by atoms with E-state index in [1.54, 1.807) is 0 Å². The number of anilines is 1. The van der Waals surface area contributed by atoms with Crippen LogP contribution in [0.2, 0.25) is 0 Å². The minimum Gasteiger partial charge on any atom is -0.489 e. The highest BCUT2D eigenvalue weighted by molar-refractivity contribution is 5.96. The number of quaternary nitrogens is 1. The molecule has 2 aromatic carbocycles. The lowest BCUT2D eigenvalue weighted by molar-refractivity contribution is -0.899. The van der Waals surface area contributed by atoms with Gasteiger partial charge in [0.15, 0.2) is 6.54 Å². The Labute approximate surface area is 164 Å². The van der Waals surface area contributed by atoms with E-state index in [0.29, 0.717) is 19.7 Å². The van der Waals surface area contributed by atoms with Crippen molar-refractivity contribution in [2.45, 2.75) is 18.9 Å². The van der Waals surface area contributed by atoms with E-state index < -0.39 is 0 Å². The summed E-state index contributed by atoms with van der Waals surface area (Å²) in [4.78, 5) is 28.0. The molecule has 1 fully saturated rings. The number of primary amides is 1. The van der Waals surface area contributed by atoms with E-state index in [2.05, 4.69) is 0 Å². The van der Waals surface area contributed by atoms with Crippen LogP contribution in [0.4, 0.5) is 5.69 Å². The highest BCUT2D eigenvalue weighted by Crippen LogP contribution is 2.39. The van der Waals surface area contributed by atoms with Gasteiger partial charge in [-0.15, -0.1) is 0 Å². The predicted octanol–water partition coefficient (Wildman–Crippen LogP) is 0.934. The standard InChI is InChI=1S/C22H25N3O3/c23-22(27)17-9-6-12-24(13-17)14-21(26)25-18-10-4-5-11-20(18)28-15-19(25)16-7-2-1-3-8-16/h1-5,7-8,10-11,17,19H,6,9,12-15H2,(H2,23,27)/p+1/t17-,19-/m0/s1. The van der Waals surface area contributed by atoms with Crippen molar-refractivity contribution < 1.29 is 19.2 Å². The molecule has 1 unspecified atom stereocenters. The number of para-hydroxylation sites is 2. The summed E-state index contributed by atoms with van der Waals surface area (Å²) in [5.74, 6) is 0.374. The van der Waals surface area contributed by atoms with Gasteiger partial charge in [0.2, 0.25) is 5.91 Å². The number of rotatable bonds is 4. The summed E-state index contributed by atoms with van der Waals surface area (Å²) in [7, 11) is 0. The summed E-state index contributed by atoms with van der Waals surface area (Å²) in [5.41, 5.74) is 7.35. The number of nitrogens with one attached hydrogen (secondary N) is 1. The molecule has 2 aromatic rings. The number of hydrogen-bond donors (Lipinski definition) is 2. The molecule has 146 valence electrons. The molecular weight excluding hydrogens is 354 g/mol. The predicted molar refractivity (Wildman–Crippen MR) is 106 cm³/mol. The zero-order valence-corrected chi connectivity index (χ0v) is 15.8. The Morgan fingerprint density at radius 1 is 1.11 bits per heavy atom. The maximum absolute atomic E-state index is 13.4. The normalized spacial score (nSPS) is 24.1. The molecule has 28 heavy (non-hydrogen) atoms. The Balaban J connectivity index is 1.60. The zero-order chi connectivity index (χ0) is 19.5. The highest BCUT2D eigenvalue weighted by atomic mass is 16.5. The molecule has 4 rings (SSSR count). The SMILES string of the molecule is NC(=O)[C@H]1CCC[NH+](CC(=O)N2c3ccccc3OC[C@H]2c2ccccc2)C1.